The highest BCUT2D eigenvalue weighted by Crippen LogP contribution is 2.52. The second-order valence-corrected chi connectivity index (χ2v) is 6.81. The van der Waals surface area contributed by atoms with E-state index in [1.54, 1.807) is 19.1 Å². The van der Waals surface area contributed by atoms with Gasteiger partial charge in [-0.1, -0.05) is 0 Å². The summed E-state index contributed by atoms with van der Waals surface area (Å²) in [4.78, 5) is 14.5. The first kappa shape index (κ1) is 13.8. The van der Waals surface area contributed by atoms with Gasteiger partial charge < -0.3 is 4.74 Å². The number of benzene rings is 1. The molecule has 0 unspecified atom stereocenters. The van der Waals surface area contributed by atoms with Crippen molar-refractivity contribution in [2.24, 2.45) is 4.99 Å². The Morgan fingerprint density at radius 3 is 2.42 bits per heavy atom. The van der Waals surface area contributed by atoms with Gasteiger partial charge in [0.1, 0.15) is 5.75 Å². The fourth-order valence-electron chi connectivity index (χ4n) is 2.20. The van der Waals surface area contributed by atoms with E-state index in [9.17, 15) is 13.2 Å². The molecule has 0 heterocycles. The van der Waals surface area contributed by atoms with E-state index in [0.717, 1.165) is 11.8 Å². The number of hydrogen-bond acceptors (Lipinski definition) is 5. The SMILES string of the molecule is COc1cc(C2(N=C=O)CC2)c(S(C)(=O)=O)cc1C. The number of methoxy groups -OCH3 is 1. The van der Waals surface area contributed by atoms with Gasteiger partial charge in [-0.3, -0.25) is 0 Å². The van der Waals surface area contributed by atoms with Crippen LogP contribution in [0.15, 0.2) is 22.0 Å². The summed E-state index contributed by atoms with van der Waals surface area (Å²) < 4.78 is 29.0. The maximum atomic E-state index is 11.9. The first-order valence-electron chi connectivity index (χ1n) is 5.82. The van der Waals surface area contributed by atoms with Gasteiger partial charge in [0.05, 0.1) is 17.5 Å². The molecule has 0 atom stereocenters. The predicted molar refractivity (Wildman–Crippen MR) is 69.9 cm³/mol. The fraction of sp³-hybridized carbons (Fsp3) is 0.462. The molecule has 0 N–H and O–H groups in total. The number of aliphatic imine (C=N–C) groups is 1. The quantitative estimate of drug-likeness (QED) is 0.622. The molecular weight excluding hydrogens is 266 g/mol. The molecular formula is C13H15NO4S. The average Bonchev–Trinajstić information content (AvgIpc) is 3.09. The van der Waals surface area contributed by atoms with Crippen LogP contribution in [0.2, 0.25) is 0 Å². The molecule has 0 bridgehead atoms. The molecule has 102 valence electrons. The first-order chi connectivity index (χ1) is 8.84. The molecule has 0 aliphatic heterocycles. The van der Waals surface area contributed by atoms with Gasteiger partial charge in [0.15, 0.2) is 9.84 Å². The molecule has 6 heteroatoms. The molecule has 5 nitrogen and oxygen atoms in total. The van der Waals surface area contributed by atoms with Crippen LogP contribution in [-0.4, -0.2) is 27.9 Å². The molecule has 1 aliphatic rings. The summed E-state index contributed by atoms with van der Waals surface area (Å²) in [7, 11) is -1.87. The molecule has 0 saturated heterocycles. The van der Waals surface area contributed by atoms with E-state index >= 15 is 0 Å². The minimum atomic E-state index is -3.39. The number of sulfone groups is 1. The van der Waals surface area contributed by atoms with Crippen LogP contribution in [0.25, 0.3) is 0 Å². The van der Waals surface area contributed by atoms with Gasteiger partial charge >= 0.3 is 0 Å². The average molecular weight is 281 g/mol. The molecule has 0 spiro atoms. The lowest BCUT2D eigenvalue weighted by Crippen LogP contribution is -2.11. The van der Waals surface area contributed by atoms with Crippen molar-refractivity contribution in [1.82, 2.24) is 0 Å². The van der Waals surface area contributed by atoms with E-state index in [-0.39, 0.29) is 4.90 Å². The maximum absolute atomic E-state index is 11.9. The second-order valence-electron chi connectivity index (χ2n) is 4.82. The summed E-state index contributed by atoms with van der Waals surface area (Å²) in [5.74, 6) is 0.592. The monoisotopic (exact) mass is 281 g/mol. The van der Waals surface area contributed by atoms with Crippen molar-refractivity contribution < 1.29 is 17.9 Å². The Balaban J connectivity index is 2.74. The van der Waals surface area contributed by atoms with E-state index in [2.05, 4.69) is 4.99 Å². The Kier molecular flexibility index (Phi) is 3.24. The highest BCUT2D eigenvalue weighted by molar-refractivity contribution is 7.90. The Morgan fingerprint density at radius 2 is 2.00 bits per heavy atom. The molecule has 1 fully saturated rings. The van der Waals surface area contributed by atoms with Crippen LogP contribution in [0.1, 0.15) is 24.0 Å². The van der Waals surface area contributed by atoms with Crippen molar-refractivity contribution in [3.63, 3.8) is 0 Å². The van der Waals surface area contributed by atoms with Crippen molar-refractivity contribution >= 4 is 15.9 Å². The minimum absolute atomic E-state index is 0.210. The van der Waals surface area contributed by atoms with Crippen LogP contribution >= 0.6 is 0 Å². The third-order valence-electron chi connectivity index (χ3n) is 3.38. The second kappa shape index (κ2) is 4.47. The summed E-state index contributed by atoms with van der Waals surface area (Å²) in [6.07, 6.45) is 3.99. The smallest absolute Gasteiger partial charge is 0.235 e. The number of rotatable bonds is 4. The van der Waals surface area contributed by atoms with Gasteiger partial charge in [-0.15, -0.1) is 0 Å². The van der Waals surface area contributed by atoms with Crippen molar-refractivity contribution in [3.05, 3.63) is 23.3 Å². The Bertz CT molecular complexity index is 668. The molecule has 19 heavy (non-hydrogen) atoms. The Labute approximate surface area is 112 Å². The molecule has 0 aromatic heterocycles. The van der Waals surface area contributed by atoms with Gasteiger partial charge in [-0.25, -0.2) is 13.2 Å². The molecule has 0 amide bonds. The Hall–Kier alpha value is -1.65. The highest BCUT2D eigenvalue weighted by Gasteiger charge is 2.47. The number of aryl methyl sites for hydroxylation is 1. The van der Waals surface area contributed by atoms with Crippen molar-refractivity contribution in [2.45, 2.75) is 30.2 Å². The van der Waals surface area contributed by atoms with Gasteiger partial charge in [-0.05, 0) is 37.5 Å². The predicted octanol–water partition coefficient (Wildman–Crippen LogP) is 1.73. The summed E-state index contributed by atoms with van der Waals surface area (Å²) in [5.41, 5.74) is 0.527. The minimum Gasteiger partial charge on any atom is -0.496 e. The van der Waals surface area contributed by atoms with E-state index in [1.807, 2.05) is 0 Å². The number of nitrogens with zero attached hydrogens (tertiary/aromatic N) is 1. The highest BCUT2D eigenvalue weighted by atomic mass is 32.2. The van der Waals surface area contributed by atoms with Gasteiger partial charge in [0.25, 0.3) is 0 Å². The zero-order valence-corrected chi connectivity index (χ0v) is 11.9. The van der Waals surface area contributed by atoms with Crippen LogP contribution in [0.4, 0.5) is 0 Å². The normalized spacial score (nSPS) is 16.6. The summed E-state index contributed by atoms with van der Waals surface area (Å²) in [6, 6.07) is 3.24. The van der Waals surface area contributed by atoms with E-state index in [1.165, 1.54) is 13.2 Å². The molecule has 1 aromatic carbocycles. The van der Waals surface area contributed by atoms with Crippen LogP contribution in [0.5, 0.6) is 5.75 Å². The first-order valence-corrected chi connectivity index (χ1v) is 7.71. The van der Waals surface area contributed by atoms with Crippen LogP contribution in [0.3, 0.4) is 0 Å². The lowest BCUT2D eigenvalue weighted by Gasteiger charge is -2.16. The van der Waals surface area contributed by atoms with Gasteiger partial charge in [0, 0.05) is 11.8 Å². The third kappa shape index (κ3) is 2.41. The number of ether oxygens (including phenoxy) is 1. The number of isocyanates is 1. The lowest BCUT2D eigenvalue weighted by molar-refractivity contribution is 0.409. The largest absolute Gasteiger partial charge is 0.496 e. The topological polar surface area (TPSA) is 72.8 Å². The van der Waals surface area contributed by atoms with E-state index in [0.29, 0.717) is 24.2 Å². The molecule has 0 radical (unpaired) electrons. The standard InChI is InChI=1S/C13H15NO4S/c1-9-6-12(19(3,16)17)10(7-11(9)18-2)13(4-5-13)14-8-15/h6-7H,4-5H2,1-3H3. The maximum Gasteiger partial charge on any atom is 0.235 e. The molecule has 2 rings (SSSR count). The van der Waals surface area contributed by atoms with Crippen LogP contribution in [0, 0.1) is 6.92 Å². The van der Waals surface area contributed by atoms with Crippen LogP contribution < -0.4 is 4.74 Å². The number of hydrogen-bond donors (Lipinski definition) is 0. The van der Waals surface area contributed by atoms with Gasteiger partial charge in [0.2, 0.25) is 6.08 Å². The lowest BCUT2D eigenvalue weighted by atomic mass is 10.0. The fourth-order valence-corrected chi connectivity index (χ4v) is 3.24. The zero-order valence-electron chi connectivity index (χ0n) is 11.1. The number of carbonyl (C=O) groups excluding carboxylic acids is 1. The van der Waals surface area contributed by atoms with E-state index in [4.69, 9.17) is 4.74 Å². The zero-order chi connectivity index (χ0) is 14.3. The molecule has 1 saturated carbocycles. The van der Waals surface area contributed by atoms with Crippen molar-refractivity contribution in [1.29, 1.82) is 0 Å². The third-order valence-corrected chi connectivity index (χ3v) is 4.52. The van der Waals surface area contributed by atoms with Gasteiger partial charge in [-0.2, -0.15) is 4.99 Å². The summed E-state index contributed by atoms with van der Waals surface area (Å²) in [6.45, 7) is 1.78. The summed E-state index contributed by atoms with van der Waals surface area (Å²) >= 11 is 0. The molecule has 1 aromatic rings. The Morgan fingerprint density at radius 1 is 1.37 bits per heavy atom. The molecule has 1 aliphatic carbocycles. The van der Waals surface area contributed by atoms with Crippen molar-refractivity contribution in [3.8, 4) is 5.75 Å². The summed E-state index contributed by atoms with van der Waals surface area (Å²) in [5, 5.41) is 0. The van der Waals surface area contributed by atoms with E-state index < -0.39 is 15.4 Å². The van der Waals surface area contributed by atoms with Crippen LogP contribution in [-0.2, 0) is 20.2 Å². The van der Waals surface area contributed by atoms with Crippen molar-refractivity contribution in [2.75, 3.05) is 13.4 Å².